The van der Waals surface area contributed by atoms with Gasteiger partial charge in [-0.2, -0.15) is 4.98 Å². The quantitative estimate of drug-likeness (QED) is 0.564. The van der Waals surface area contributed by atoms with E-state index in [4.69, 9.17) is 14.0 Å². The number of ether oxygens (including phenoxy) is 2. The van der Waals surface area contributed by atoms with Gasteiger partial charge in [-0.3, -0.25) is 4.79 Å². The minimum absolute atomic E-state index is 0.0347. The van der Waals surface area contributed by atoms with Crippen LogP contribution in [0.5, 0.6) is 11.5 Å². The third-order valence-electron chi connectivity index (χ3n) is 4.96. The Bertz CT molecular complexity index is 1010. The molecule has 0 saturated carbocycles. The number of likely N-dealkylation sites (tertiary alicyclic amines) is 1. The Morgan fingerprint density at radius 2 is 1.65 bits per heavy atom. The van der Waals surface area contributed by atoms with Crippen molar-refractivity contribution >= 4 is 5.91 Å². The van der Waals surface area contributed by atoms with Crippen LogP contribution in [0.15, 0.2) is 53.1 Å². The predicted octanol–water partition coefficient (Wildman–Crippen LogP) is 4.06. The van der Waals surface area contributed by atoms with Crippen LogP contribution in [0.4, 0.5) is 8.78 Å². The van der Waals surface area contributed by atoms with Crippen LogP contribution < -0.4 is 9.47 Å². The molecule has 0 spiro atoms. The molecule has 1 aromatic heterocycles. The first-order valence-corrected chi connectivity index (χ1v) is 9.97. The van der Waals surface area contributed by atoms with Gasteiger partial charge >= 0.3 is 0 Å². The molecular formula is C22H21F2N3O4. The first-order chi connectivity index (χ1) is 15.1. The van der Waals surface area contributed by atoms with E-state index in [1.54, 1.807) is 4.90 Å². The molecule has 1 aliphatic heterocycles. The fourth-order valence-electron chi connectivity index (χ4n) is 3.40. The lowest BCUT2D eigenvalue weighted by Crippen LogP contribution is -2.41. The van der Waals surface area contributed by atoms with Crippen molar-refractivity contribution in [3.8, 4) is 11.5 Å². The molecule has 1 fully saturated rings. The van der Waals surface area contributed by atoms with Gasteiger partial charge in [-0.15, -0.1) is 0 Å². The highest BCUT2D eigenvalue weighted by Crippen LogP contribution is 2.29. The van der Waals surface area contributed by atoms with Crippen LogP contribution in [0.3, 0.4) is 0 Å². The second kappa shape index (κ2) is 9.55. The van der Waals surface area contributed by atoms with Crippen molar-refractivity contribution in [2.45, 2.75) is 31.9 Å². The molecule has 1 unspecified atom stereocenters. The fraction of sp³-hybridized carbons (Fsp3) is 0.318. The standard InChI is InChI=1S/C22H21F2N3O4/c23-15-4-8-17(9-5-15)29-13-20-25-22(26-31-20)19-3-1-2-12-27(19)21(28)14-30-18-10-6-16(24)7-11-18/h4-11,19H,1-3,12-14H2. The largest absolute Gasteiger partial charge is 0.484 e. The summed E-state index contributed by atoms with van der Waals surface area (Å²) in [7, 11) is 0. The average Bonchev–Trinajstić information content (AvgIpc) is 3.27. The highest BCUT2D eigenvalue weighted by molar-refractivity contribution is 5.78. The number of aromatic nitrogens is 2. The van der Waals surface area contributed by atoms with E-state index in [-0.39, 0.29) is 42.7 Å². The number of rotatable bonds is 7. The van der Waals surface area contributed by atoms with Crippen LogP contribution in [0.25, 0.3) is 0 Å². The van der Waals surface area contributed by atoms with Gasteiger partial charge in [-0.05, 0) is 67.8 Å². The number of piperidine rings is 1. The molecule has 162 valence electrons. The van der Waals surface area contributed by atoms with Crippen molar-refractivity contribution in [2.75, 3.05) is 13.2 Å². The van der Waals surface area contributed by atoms with Crippen molar-refractivity contribution < 1.29 is 27.6 Å². The molecule has 0 bridgehead atoms. The number of hydrogen-bond acceptors (Lipinski definition) is 6. The van der Waals surface area contributed by atoms with Crippen LogP contribution in [0.2, 0.25) is 0 Å². The van der Waals surface area contributed by atoms with E-state index in [0.29, 0.717) is 30.3 Å². The summed E-state index contributed by atoms with van der Waals surface area (Å²) in [5, 5.41) is 4.02. The van der Waals surface area contributed by atoms with Gasteiger partial charge in [0, 0.05) is 6.54 Å². The average molecular weight is 429 g/mol. The van der Waals surface area contributed by atoms with Crippen LogP contribution in [-0.2, 0) is 11.4 Å². The zero-order chi connectivity index (χ0) is 21.6. The maximum absolute atomic E-state index is 13.0. The van der Waals surface area contributed by atoms with Gasteiger partial charge in [0.05, 0.1) is 6.04 Å². The second-order valence-corrected chi connectivity index (χ2v) is 7.13. The first-order valence-electron chi connectivity index (χ1n) is 9.97. The smallest absolute Gasteiger partial charge is 0.264 e. The molecule has 9 heteroatoms. The Hall–Kier alpha value is -3.49. The molecule has 7 nitrogen and oxygen atoms in total. The molecule has 2 heterocycles. The third kappa shape index (κ3) is 5.36. The van der Waals surface area contributed by atoms with Gasteiger partial charge in [0.15, 0.2) is 19.0 Å². The normalized spacial score (nSPS) is 16.2. The second-order valence-electron chi connectivity index (χ2n) is 7.13. The van der Waals surface area contributed by atoms with Crippen molar-refractivity contribution in [3.63, 3.8) is 0 Å². The summed E-state index contributed by atoms with van der Waals surface area (Å²) in [6.45, 7) is 0.430. The van der Waals surface area contributed by atoms with Gasteiger partial charge in [0.25, 0.3) is 11.8 Å². The zero-order valence-electron chi connectivity index (χ0n) is 16.7. The molecule has 1 amide bonds. The lowest BCUT2D eigenvalue weighted by molar-refractivity contribution is -0.137. The van der Waals surface area contributed by atoms with E-state index >= 15 is 0 Å². The monoisotopic (exact) mass is 429 g/mol. The molecule has 1 aliphatic rings. The summed E-state index contributed by atoms with van der Waals surface area (Å²) < 4.78 is 42.3. The molecule has 0 aliphatic carbocycles. The van der Waals surface area contributed by atoms with E-state index in [2.05, 4.69) is 10.1 Å². The molecule has 0 radical (unpaired) electrons. The summed E-state index contributed by atoms with van der Waals surface area (Å²) in [6.07, 6.45) is 2.51. The molecule has 1 saturated heterocycles. The Balaban J connectivity index is 1.37. The maximum Gasteiger partial charge on any atom is 0.264 e. The zero-order valence-corrected chi connectivity index (χ0v) is 16.7. The Morgan fingerprint density at radius 3 is 2.32 bits per heavy atom. The highest BCUT2D eigenvalue weighted by atomic mass is 19.1. The maximum atomic E-state index is 13.0. The van der Waals surface area contributed by atoms with Crippen molar-refractivity contribution in [1.82, 2.24) is 15.0 Å². The molecule has 1 atom stereocenters. The summed E-state index contributed by atoms with van der Waals surface area (Å²) in [5.41, 5.74) is 0. The molecule has 2 aromatic carbocycles. The molecule has 0 N–H and O–H groups in total. The third-order valence-corrected chi connectivity index (χ3v) is 4.96. The minimum Gasteiger partial charge on any atom is -0.484 e. The Labute approximate surface area is 177 Å². The highest BCUT2D eigenvalue weighted by Gasteiger charge is 2.31. The van der Waals surface area contributed by atoms with Gasteiger partial charge in [-0.1, -0.05) is 5.16 Å². The topological polar surface area (TPSA) is 77.7 Å². The number of carbonyl (C=O) groups excluding carboxylic acids is 1. The van der Waals surface area contributed by atoms with E-state index in [1.165, 1.54) is 48.5 Å². The van der Waals surface area contributed by atoms with Crippen molar-refractivity contribution in [1.29, 1.82) is 0 Å². The van der Waals surface area contributed by atoms with E-state index in [1.807, 2.05) is 0 Å². The minimum atomic E-state index is -0.369. The van der Waals surface area contributed by atoms with E-state index in [0.717, 1.165) is 12.8 Å². The Kier molecular flexibility index (Phi) is 6.40. The number of amides is 1. The van der Waals surface area contributed by atoms with E-state index < -0.39 is 0 Å². The van der Waals surface area contributed by atoms with Crippen molar-refractivity contribution in [2.24, 2.45) is 0 Å². The number of benzene rings is 2. The van der Waals surface area contributed by atoms with Crippen molar-refractivity contribution in [3.05, 3.63) is 71.9 Å². The van der Waals surface area contributed by atoms with Gasteiger partial charge in [0.2, 0.25) is 0 Å². The molecule has 4 rings (SSSR count). The predicted molar refractivity (Wildman–Crippen MR) is 105 cm³/mol. The van der Waals surface area contributed by atoms with E-state index in [9.17, 15) is 13.6 Å². The van der Waals surface area contributed by atoms with Crippen LogP contribution in [-0.4, -0.2) is 34.1 Å². The molecule has 3 aromatic rings. The summed E-state index contributed by atoms with van der Waals surface area (Å²) in [5.74, 6) is 0.649. The van der Waals surface area contributed by atoms with Gasteiger partial charge in [-0.25, -0.2) is 8.78 Å². The first kappa shape index (κ1) is 20.8. The van der Waals surface area contributed by atoms with Crippen LogP contribution >= 0.6 is 0 Å². The van der Waals surface area contributed by atoms with Crippen LogP contribution in [0, 0.1) is 11.6 Å². The number of carbonyl (C=O) groups is 1. The SMILES string of the molecule is O=C(COc1ccc(F)cc1)N1CCCCC1c1noc(COc2ccc(F)cc2)n1. The lowest BCUT2D eigenvalue weighted by Gasteiger charge is -2.33. The number of halogens is 2. The summed E-state index contributed by atoms with van der Waals surface area (Å²) in [4.78, 5) is 18.8. The fourth-order valence-corrected chi connectivity index (χ4v) is 3.40. The number of hydrogen-bond donors (Lipinski definition) is 0. The number of nitrogens with zero attached hydrogens (tertiary/aromatic N) is 3. The lowest BCUT2D eigenvalue weighted by atomic mass is 10.0. The van der Waals surface area contributed by atoms with Crippen LogP contribution in [0.1, 0.15) is 37.0 Å². The molecular weight excluding hydrogens is 408 g/mol. The summed E-state index contributed by atoms with van der Waals surface area (Å²) in [6, 6.07) is 10.8. The van der Waals surface area contributed by atoms with Gasteiger partial charge < -0.3 is 18.9 Å². The molecule has 31 heavy (non-hydrogen) atoms. The van der Waals surface area contributed by atoms with Gasteiger partial charge in [0.1, 0.15) is 23.1 Å². The Morgan fingerprint density at radius 1 is 1.00 bits per heavy atom. The summed E-state index contributed by atoms with van der Waals surface area (Å²) >= 11 is 0.